The largest absolute Gasteiger partial charge is 0.478 e. The van der Waals surface area contributed by atoms with Crippen LogP contribution in [0.1, 0.15) is 26.3 Å². The van der Waals surface area contributed by atoms with Crippen LogP contribution in [0.2, 0.25) is 0 Å². The third-order valence-corrected chi connectivity index (χ3v) is 3.20. The Morgan fingerprint density at radius 2 is 2.16 bits per heavy atom. The quantitative estimate of drug-likeness (QED) is 0.803. The Labute approximate surface area is 123 Å². The summed E-state index contributed by atoms with van der Waals surface area (Å²) >= 11 is 3.43. The average Bonchev–Trinajstić information content (AvgIpc) is 2.33. The summed E-state index contributed by atoms with van der Waals surface area (Å²) in [5, 5.41) is 8.76. The summed E-state index contributed by atoms with van der Waals surface area (Å²) in [6.07, 6.45) is 2.82. The molecule has 0 aliphatic carbocycles. The molecule has 0 aliphatic rings. The molecule has 0 bridgehead atoms. The maximum Gasteiger partial charge on any atom is 0.328 e. The lowest BCUT2D eigenvalue weighted by Gasteiger charge is -2.27. The van der Waals surface area contributed by atoms with Crippen molar-refractivity contribution in [2.75, 3.05) is 18.0 Å². The van der Waals surface area contributed by atoms with E-state index in [1.54, 1.807) is 6.08 Å². The molecule has 19 heavy (non-hydrogen) atoms. The van der Waals surface area contributed by atoms with Gasteiger partial charge in [0, 0.05) is 29.3 Å². The Morgan fingerprint density at radius 3 is 2.68 bits per heavy atom. The number of nitrogens with zero attached hydrogens (tertiary/aromatic N) is 1. The van der Waals surface area contributed by atoms with E-state index in [0.29, 0.717) is 5.92 Å². The van der Waals surface area contributed by atoms with Crippen molar-refractivity contribution in [3.05, 3.63) is 34.3 Å². The van der Waals surface area contributed by atoms with Gasteiger partial charge in [-0.25, -0.2) is 4.79 Å². The second-order valence-corrected chi connectivity index (χ2v) is 5.72. The maximum atomic E-state index is 10.7. The highest BCUT2D eigenvalue weighted by Crippen LogP contribution is 2.26. The Bertz CT molecular complexity index is 469. The molecule has 0 amide bonds. The number of rotatable bonds is 6. The molecule has 1 aromatic carbocycles. The SMILES string of the molecule is CCN(CC(C)C)c1ccc(Br)cc1C=CC(=O)O. The molecule has 1 rings (SSSR count). The number of carboxylic acids is 1. The Hall–Kier alpha value is -1.29. The highest BCUT2D eigenvalue weighted by molar-refractivity contribution is 9.10. The Kier molecular flexibility index (Phi) is 6.09. The van der Waals surface area contributed by atoms with E-state index in [2.05, 4.69) is 41.6 Å². The minimum absolute atomic E-state index is 0.555. The lowest BCUT2D eigenvalue weighted by atomic mass is 10.1. The van der Waals surface area contributed by atoms with Crippen molar-refractivity contribution in [1.82, 2.24) is 0 Å². The zero-order chi connectivity index (χ0) is 14.4. The zero-order valence-electron chi connectivity index (χ0n) is 11.6. The predicted molar refractivity (Wildman–Crippen MR) is 83.5 cm³/mol. The molecule has 1 N–H and O–H groups in total. The highest BCUT2D eigenvalue weighted by Gasteiger charge is 2.10. The number of benzene rings is 1. The van der Waals surface area contributed by atoms with E-state index in [9.17, 15) is 4.79 Å². The molecule has 0 radical (unpaired) electrons. The van der Waals surface area contributed by atoms with Gasteiger partial charge in [0.1, 0.15) is 0 Å². The van der Waals surface area contributed by atoms with Crippen LogP contribution in [-0.2, 0) is 4.79 Å². The molecule has 1 aromatic rings. The number of carboxylic acid groups (broad SMARTS) is 1. The van der Waals surface area contributed by atoms with Gasteiger partial charge >= 0.3 is 5.97 Å². The minimum atomic E-state index is -0.933. The summed E-state index contributed by atoms with van der Waals surface area (Å²) in [7, 11) is 0. The number of hydrogen-bond donors (Lipinski definition) is 1. The van der Waals surface area contributed by atoms with Crippen LogP contribution < -0.4 is 4.90 Å². The molecule has 0 saturated carbocycles. The molecule has 0 spiro atoms. The van der Waals surface area contributed by atoms with Crippen LogP contribution in [0.25, 0.3) is 6.08 Å². The molecular weight excluding hydrogens is 306 g/mol. The first-order valence-corrected chi connectivity index (χ1v) is 7.18. The summed E-state index contributed by atoms with van der Waals surface area (Å²) in [6.45, 7) is 8.30. The molecule has 4 heteroatoms. The fourth-order valence-corrected chi connectivity index (χ4v) is 2.33. The normalized spacial score (nSPS) is 11.2. The third kappa shape index (κ3) is 5.07. The third-order valence-electron chi connectivity index (χ3n) is 2.70. The van der Waals surface area contributed by atoms with Crippen LogP contribution in [0.15, 0.2) is 28.7 Å². The van der Waals surface area contributed by atoms with Gasteiger partial charge in [0.05, 0.1) is 0 Å². The van der Waals surface area contributed by atoms with Gasteiger partial charge in [0.15, 0.2) is 0 Å². The van der Waals surface area contributed by atoms with Crippen LogP contribution in [0.5, 0.6) is 0 Å². The first-order chi connectivity index (χ1) is 8.93. The summed E-state index contributed by atoms with van der Waals surface area (Å²) in [6, 6.07) is 5.95. The van der Waals surface area contributed by atoms with E-state index in [-0.39, 0.29) is 0 Å². The second kappa shape index (κ2) is 7.34. The van der Waals surface area contributed by atoms with Gasteiger partial charge in [-0.15, -0.1) is 0 Å². The number of halogens is 1. The molecule has 3 nitrogen and oxygen atoms in total. The second-order valence-electron chi connectivity index (χ2n) is 4.81. The lowest BCUT2D eigenvalue weighted by molar-refractivity contribution is -0.131. The maximum absolute atomic E-state index is 10.7. The summed E-state index contributed by atoms with van der Waals surface area (Å²) in [5.74, 6) is -0.377. The van der Waals surface area contributed by atoms with E-state index in [0.717, 1.165) is 28.8 Å². The number of hydrogen-bond acceptors (Lipinski definition) is 2. The molecule has 0 unspecified atom stereocenters. The molecule has 0 aromatic heterocycles. The Morgan fingerprint density at radius 1 is 1.47 bits per heavy atom. The van der Waals surface area contributed by atoms with Crippen molar-refractivity contribution in [3.8, 4) is 0 Å². The fraction of sp³-hybridized carbons (Fsp3) is 0.400. The van der Waals surface area contributed by atoms with Gasteiger partial charge in [-0.2, -0.15) is 0 Å². The van der Waals surface area contributed by atoms with Crippen molar-refractivity contribution < 1.29 is 9.90 Å². The van der Waals surface area contributed by atoms with E-state index in [1.165, 1.54) is 6.08 Å². The van der Waals surface area contributed by atoms with Crippen LogP contribution in [0.4, 0.5) is 5.69 Å². The van der Waals surface area contributed by atoms with E-state index in [1.807, 2.05) is 18.2 Å². The molecule has 0 saturated heterocycles. The van der Waals surface area contributed by atoms with Crippen molar-refractivity contribution in [2.45, 2.75) is 20.8 Å². The van der Waals surface area contributed by atoms with Gasteiger partial charge in [0.2, 0.25) is 0 Å². The minimum Gasteiger partial charge on any atom is -0.478 e. The van der Waals surface area contributed by atoms with E-state index < -0.39 is 5.97 Å². The van der Waals surface area contributed by atoms with Gasteiger partial charge in [0.25, 0.3) is 0 Å². The van der Waals surface area contributed by atoms with Crippen molar-refractivity contribution in [2.24, 2.45) is 5.92 Å². The van der Waals surface area contributed by atoms with Gasteiger partial charge in [-0.05, 0) is 42.7 Å². The van der Waals surface area contributed by atoms with Gasteiger partial charge in [-0.3, -0.25) is 0 Å². The van der Waals surface area contributed by atoms with E-state index in [4.69, 9.17) is 5.11 Å². The van der Waals surface area contributed by atoms with Crippen LogP contribution in [0, 0.1) is 5.92 Å². The highest BCUT2D eigenvalue weighted by atomic mass is 79.9. The first kappa shape index (κ1) is 15.8. The average molecular weight is 326 g/mol. The van der Waals surface area contributed by atoms with E-state index >= 15 is 0 Å². The first-order valence-electron chi connectivity index (χ1n) is 6.39. The summed E-state index contributed by atoms with van der Waals surface area (Å²) in [4.78, 5) is 12.9. The van der Waals surface area contributed by atoms with Crippen molar-refractivity contribution >= 4 is 33.7 Å². The fourth-order valence-electron chi connectivity index (χ4n) is 1.95. The summed E-state index contributed by atoms with van der Waals surface area (Å²) < 4.78 is 0.946. The topological polar surface area (TPSA) is 40.5 Å². The molecule has 0 atom stereocenters. The van der Waals surface area contributed by atoms with Crippen LogP contribution in [-0.4, -0.2) is 24.2 Å². The number of carbonyl (C=O) groups is 1. The number of aliphatic carboxylic acids is 1. The smallest absolute Gasteiger partial charge is 0.328 e. The Balaban J connectivity index is 3.13. The zero-order valence-corrected chi connectivity index (χ0v) is 13.1. The van der Waals surface area contributed by atoms with Gasteiger partial charge in [-0.1, -0.05) is 29.8 Å². The molecular formula is C15H20BrNO2. The molecule has 104 valence electrons. The van der Waals surface area contributed by atoms with Crippen LogP contribution in [0.3, 0.4) is 0 Å². The van der Waals surface area contributed by atoms with Crippen LogP contribution >= 0.6 is 15.9 Å². The number of anilines is 1. The molecule has 0 heterocycles. The predicted octanol–water partition coefficient (Wildman–Crippen LogP) is 4.03. The molecule has 0 fully saturated rings. The van der Waals surface area contributed by atoms with Gasteiger partial charge < -0.3 is 10.0 Å². The lowest BCUT2D eigenvalue weighted by Crippen LogP contribution is -2.27. The molecule has 0 aliphatic heterocycles. The van der Waals surface area contributed by atoms with Crippen molar-refractivity contribution in [3.63, 3.8) is 0 Å². The summed E-state index contributed by atoms with van der Waals surface area (Å²) in [5.41, 5.74) is 1.98. The standard InChI is InChI=1S/C15H20BrNO2/c1-4-17(10-11(2)3)14-7-6-13(16)9-12(14)5-8-15(18)19/h5-9,11H,4,10H2,1-3H3,(H,18,19). The van der Waals surface area contributed by atoms with Crippen molar-refractivity contribution in [1.29, 1.82) is 0 Å². The monoisotopic (exact) mass is 325 g/mol.